The van der Waals surface area contributed by atoms with Crippen molar-refractivity contribution in [3.05, 3.63) is 103 Å². The van der Waals surface area contributed by atoms with Crippen molar-refractivity contribution in [2.24, 2.45) is 12.0 Å². The third-order valence-corrected chi connectivity index (χ3v) is 4.98. The molecule has 4 aromatic rings. The van der Waals surface area contributed by atoms with Crippen molar-refractivity contribution in [3.63, 3.8) is 0 Å². The highest BCUT2D eigenvalue weighted by molar-refractivity contribution is 5.84. The van der Waals surface area contributed by atoms with Gasteiger partial charge in [-0.05, 0) is 31.2 Å². The number of rotatable bonds is 4. The average molecular weight is 417 g/mol. The summed E-state index contributed by atoms with van der Waals surface area (Å²) in [5, 5.41) is 10.6. The first-order valence-corrected chi connectivity index (χ1v) is 9.42. The second kappa shape index (κ2) is 7.79. The maximum atomic E-state index is 13.0. The quantitative estimate of drug-likeness (QED) is 0.493. The number of aromatic nitrogens is 4. The SMILES string of the molecule is Cc1c(N=Cc2c(O)n(-c3ccccc3)c(=O)[nH]c2=O)c(=O)n(-c2ccccc2)n1C. The van der Waals surface area contributed by atoms with Gasteiger partial charge in [-0.2, -0.15) is 0 Å². The topological polar surface area (TPSA) is 114 Å². The minimum Gasteiger partial charge on any atom is -0.493 e. The van der Waals surface area contributed by atoms with Crippen LogP contribution in [0.2, 0.25) is 0 Å². The molecule has 2 heterocycles. The van der Waals surface area contributed by atoms with E-state index in [1.54, 1.807) is 61.1 Å². The maximum Gasteiger partial charge on any atom is 0.335 e. The molecule has 0 radical (unpaired) electrons. The van der Waals surface area contributed by atoms with Crippen LogP contribution in [0.5, 0.6) is 5.88 Å². The predicted octanol–water partition coefficient (Wildman–Crippen LogP) is 1.78. The Morgan fingerprint density at radius 1 is 0.935 bits per heavy atom. The summed E-state index contributed by atoms with van der Waals surface area (Å²) in [4.78, 5) is 43.9. The van der Waals surface area contributed by atoms with Crippen LogP contribution in [-0.4, -0.2) is 30.2 Å². The standard InChI is InChI=1S/C22H19N5O4/c1-14-18(21(30)27(25(14)2)16-11-7-4-8-12-16)23-13-17-19(28)24-22(31)26(20(17)29)15-9-5-3-6-10-15/h3-13,29H,1-2H3,(H,24,28,31). The average Bonchev–Trinajstić information content (AvgIpc) is 2.97. The lowest BCUT2D eigenvalue weighted by Gasteiger charge is -2.09. The van der Waals surface area contributed by atoms with Gasteiger partial charge < -0.3 is 5.11 Å². The lowest BCUT2D eigenvalue weighted by Crippen LogP contribution is -2.31. The summed E-state index contributed by atoms with van der Waals surface area (Å²) >= 11 is 0. The summed E-state index contributed by atoms with van der Waals surface area (Å²) in [6, 6.07) is 17.4. The molecule has 2 aromatic heterocycles. The summed E-state index contributed by atoms with van der Waals surface area (Å²) in [7, 11) is 1.72. The Morgan fingerprint density at radius 2 is 1.52 bits per heavy atom. The summed E-state index contributed by atoms with van der Waals surface area (Å²) in [5.41, 5.74) is -0.494. The molecule has 0 amide bonds. The Labute approximate surface area is 175 Å². The number of benzene rings is 2. The highest BCUT2D eigenvalue weighted by Crippen LogP contribution is 2.18. The van der Waals surface area contributed by atoms with Crippen molar-refractivity contribution in [2.45, 2.75) is 6.92 Å². The molecule has 2 N–H and O–H groups in total. The van der Waals surface area contributed by atoms with Crippen LogP contribution in [0.1, 0.15) is 11.3 Å². The van der Waals surface area contributed by atoms with E-state index >= 15 is 0 Å². The van der Waals surface area contributed by atoms with Gasteiger partial charge in [0.2, 0.25) is 5.88 Å². The molecule has 2 aromatic carbocycles. The van der Waals surface area contributed by atoms with E-state index in [0.29, 0.717) is 17.1 Å². The number of hydrogen-bond donors (Lipinski definition) is 2. The number of aromatic hydroxyl groups is 1. The fraction of sp³-hybridized carbons (Fsp3) is 0.0909. The van der Waals surface area contributed by atoms with E-state index in [1.165, 1.54) is 4.68 Å². The Hall–Kier alpha value is -4.40. The fourth-order valence-electron chi connectivity index (χ4n) is 3.30. The molecule has 0 saturated heterocycles. The first-order chi connectivity index (χ1) is 14.9. The van der Waals surface area contributed by atoms with Crippen LogP contribution >= 0.6 is 0 Å². The molecule has 0 aliphatic heterocycles. The van der Waals surface area contributed by atoms with Gasteiger partial charge in [-0.3, -0.25) is 19.3 Å². The van der Waals surface area contributed by atoms with E-state index in [9.17, 15) is 19.5 Å². The molecule has 4 rings (SSSR count). The van der Waals surface area contributed by atoms with Crippen LogP contribution in [0.4, 0.5) is 5.69 Å². The number of aromatic amines is 1. The highest BCUT2D eigenvalue weighted by atomic mass is 16.3. The zero-order chi connectivity index (χ0) is 22.1. The molecule has 0 unspecified atom stereocenters. The van der Waals surface area contributed by atoms with E-state index in [1.807, 2.05) is 18.2 Å². The molecule has 0 spiro atoms. The van der Waals surface area contributed by atoms with Crippen LogP contribution < -0.4 is 16.8 Å². The zero-order valence-electron chi connectivity index (χ0n) is 16.8. The van der Waals surface area contributed by atoms with Crippen LogP contribution in [0.25, 0.3) is 11.4 Å². The van der Waals surface area contributed by atoms with Gasteiger partial charge in [0.05, 0.1) is 17.1 Å². The first kappa shape index (κ1) is 19.9. The van der Waals surface area contributed by atoms with Crippen LogP contribution in [-0.2, 0) is 7.05 Å². The van der Waals surface area contributed by atoms with Crippen molar-refractivity contribution in [3.8, 4) is 17.3 Å². The van der Waals surface area contributed by atoms with Crippen molar-refractivity contribution in [2.75, 3.05) is 0 Å². The van der Waals surface area contributed by atoms with Crippen LogP contribution in [0, 0.1) is 6.92 Å². The molecule has 31 heavy (non-hydrogen) atoms. The van der Waals surface area contributed by atoms with Crippen LogP contribution in [0.3, 0.4) is 0 Å². The molecular formula is C22H19N5O4. The monoisotopic (exact) mass is 417 g/mol. The molecule has 0 saturated carbocycles. The smallest absolute Gasteiger partial charge is 0.335 e. The lowest BCUT2D eigenvalue weighted by atomic mass is 10.3. The van der Waals surface area contributed by atoms with E-state index in [0.717, 1.165) is 10.8 Å². The molecule has 0 aliphatic carbocycles. The molecule has 0 atom stereocenters. The van der Waals surface area contributed by atoms with Gasteiger partial charge in [-0.25, -0.2) is 19.0 Å². The third-order valence-electron chi connectivity index (χ3n) is 4.98. The molecule has 9 heteroatoms. The van der Waals surface area contributed by atoms with E-state index in [4.69, 9.17) is 0 Å². The summed E-state index contributed by atoms with van der Waals surface area (Å²) in [5.74, 6) is -0.569. The number of para-hydroxylation sites is 2. The maximum absolute atomic E-state index is 13.0. The molecule has 0 aliphatic rings. The van der Waals surface area contributed by atoms with E-state index < -0.39 is 17.1 Å². The van der Waals surface area contributed by atoms with Crippen molar-refractivity contribution >= 4 is 11.9 Å². The van der Waals surface area contributed by atoms with Crippen molar-refractivity contribution in [1.82, 2.24) is 18.9 Å². The normalized spacial score (nSPS) is 11.3. The number of hydrogen-bond acceptors (Lipinski definition) is 5. The number of H-pyrrole nitrogens is 1. The van der Waals surface area contributed by atoms with E-state index in [-0.39, 0.29) is 16.8 Å². The largest absolute Gasteiger partial charge is 0.493 e. The summed E-state index contributed by atoms with van der Waals surface area (Å²) in [6.07, 6.45) is 1.09. The van der Waals surface area contributed by atoms with Crippen LogP contribution in [0.15, 0.2) is 80.0 Å². The van der Waals surface area contributed by atoms with Gasteiger partial charge in [0.25, 0.3) is 11.1 Å². The van der Waals surface area contributed by atoms with Gasteiger partial charge >= 0.3 is 5.69 Å². The Morgan fingerprint density at radius 3 is 2.13 bits per heavy atom. The molecule has 9 nitrogen and oxygen atoms in total. The molecule has 0 bridgehead atoms. The Bertz CT molecular complexity index is 1460. The minimum absolute atomic E-state index is 0.114. The second-order valence-electron chi connectivity index (χ2n) is 6.84. The molecular weight excluding hydrogens is 398 g/mol. The van der Waals surface area contributed by atoms with Gasteiger partial charge in [0.15, 0.2) is 5.69 Å². The van der Waals surface area contributed by atoms with Gasteiger partial charge in [0.1, 0.15) is 5.56 Å². The van der Waals surface area contributed by atoms with Crippen molar-refractivity contribution in [1.29, 1.82) is 0 Å². The number of nitrogens with zero attached hydrogens (tertiary/aromatic N) is 4. The molecule has 0 fully saturated rings. The van der Waals surface area contributed by atoms with Gasteiger partial charge in [-0.15, -0.1) is 0 Å². The number of aliphatic imine (C=N–C) groups is 1. The molecule has 156 valence electrons. The van der Waals surface area contributed by atoms with Crippen molar-refractivity contribution < 1.29 is 5.11 Å². The van der Waals surface area contributed by atoms with Gasteiger partial charge in [-0.1, -0.05) is 36.4 Å². The fourth-order valence-corrected chi connectivity index (χ4v) is 3.30. The predicted molar refractivity (Wildman–Crippen MR) is 117 cm³/mol. The Kier molecular flexibility index (Phi) is 5.00. The summed E-state index contributed by atoms with van der Waals surface area (Å²) < 4.78 is 4.07. The first-order valence-electron chi connectivity index (χ1n) is 9.42. The third kappa shape index (κ3) is 3.42. The van der Waals surface area contributed by atoms with E-state index in [2.05, 4.69) is 9.98 Å². The zero-order valence-corrected chi connectivity index (χ0v) is 16.8. The number of nitrogens with one attached hydrogen (secondary N) is 1. The lowest BCUT2D eigenvalue weighted by molar-refractivity contribution is 0.430. The second-order valence-corrected chi connectivity index (χ2v) is 6.84. The van der Waals surface area contributed by atoms with Gasteiger partial charge in [0, 0.05) is 13.3 Å². The minimum atomic E-state index is -0.810. The summed E-state index contributed by atoms with van der Waals surface area (Å²) in [6.45, 7) is 1.72. The Balaban J connectivity index is 1.85. The highest BCUT2D eigenvalue weighted by Gasteiger charge is 2.17.